The Balaban J connectivity index is 1.31. The summed E-state index contributed by atoms with van der Waals surface area (Å²) in [6.45, 7) is 4.64. The van der Waals surface area contributed by atoms with Crippen LogP contribution in [0.3, 0.4) is 0 Å². The summed E-state index contributed by atoms with van der Waals surface area (Å²) in [5.74, 6) is 2.00. The van der Waals surface area contributed by atoms with Gasteiger partial charge >= 0.3 is 0 Å². The lowest BCUT2D eigenvalue weighted by molar-refractivity contribution is 0.661. The highest BCUT2D eigenvalue weighted by Crippen LogP contribution is 2.50. The quantitative estimate of drug-likeness (QED) is 0.218. The van der Waals surface area contributed by atoms with Crippen molar-refractivity contribution in [1.29, 1.82) is 0 Å². The van der Waals surface area contributed by atoms with Gasteiger partial charge in [-0.25, -0.2) is 15.0 Å². The average Bonchev–Trinajstić information content (AvgIpc) is 3.29. The number of nitrogens with zero attached hydrogens (tertiary/aromatic N) is 3. The van der Waals surface area contributed by atoms with E-state index in [1.165, 1.54) is 33.2 Å². The van der Waals surface area contributed by atoms with E-state index in [1.54, 1.807) is 0 Å². The zero-order valence-corrected chi connectivity index (χ0v) is 24.1. The fourth-order valence-electron chi connectivity index (χ4n) is 6.45. The van der Waals surface area contributed by atoms with Crippen LogP contribution in [0.15, 0.2) is 140 Å². The van der Waals surface area contributed by atoms with E-state index in [4.69, 9.17) is 15.0 Å². The monoisotopic (exact) mass is 551 g/mol. The van der Waals surface area contributed by atoms with E-state index >= 15 is 0 Å². The molecule has 204 valence electrons. The zero-order chi connectivity index (χ0) is 29.0. The lowest BCUT2D eigenvalue weighted by atomic mass is 9.82. The molecule has 0 aliphatic heterocycles. The van der Waals surface area contributed by atoms with Crippen LogP contribution in [0.2, 0.25) is 0 Å². The first-order valence-electron chi connectivity index (χ1n) is 14.7. The summed E-state index contributed by atoms with van der Waals surface area (Å²) in [5.41, 5.74) is 10.5. The molecule has 3 nitrogen and oxygen atoms in total. The molecule has 0 bridgehead atoms. The summed E-state index contributed by atoms with van der Waals surface area (Å²) in [6.07, 6.45) is 0. The van der Waals surface area contributed by atoms with E-state index in [1.807, 2.05) is 24.3 Å². The largest absolute Gasteiger partial charge is 0.208 e. The molecule has 3 heteroatoms. The Hall–Kier alpha value is -5.41. The molecule has 0 atom stereocenters. The first-order valence-corrected chi connectivity index (χ1v) is 14.7. The highest BCUT2D eigenvalue weighted by Gasteiger charge is 2.35. The molecule has 0 saturated carbocycles. The van der Waals surface area contributed by atoms with Gasteiger partial charge in [-0.2, -0.15) is 0 Å². The van der Waals surface area contributed by atoms with Gasteiger partial charge in [-0.05, 0) is 56.3 Å². The molecule has 1 aliphatic carbocycles. The number of benzene rings is 6. The summed E-state index contributed by atoms with van der Waals surface area (Å²) < 4.78 is 0. The maximum Gasteiger partial charge on any atom is 0.164 e. The first kappa shape index (κ1) is 25.3. The van der Waals surface area contributed by atoms with Gasteiger partial charge in [-0.15, -0.1) is 0 Å². The Bertz CT molecular complexity index is 2130. The summed E-state index contributed by atoms with van der Waals surface area (Å²) >= 11 is 0. The van der Waals surface area contributed by atoms with Crippen molar-refractivity contribution in [3.63, 3.8) is 0 Å². The molecular formula is C40H29N3. The second kappa shape index (κ2) is 9.85. The molecule has 6 aromatic carbocycles. The number of rotatable bonds is 4. The van der Waals surface area contributed by atoms with Crippen molar-refractivity contribution in [3.05, 3.63) is 151 Å². The van der Waals surface area contributed by atoms with Gasteiger partial charge < -0.3 is 0 Å². The van der Waals surface area contributed by atoms with E-state index in [2.05, 4.69) is 129 Å². The lowest BCUT2D eigenvalue weighted by Crippen LogP contribution is -2.14. The predicted octanol–water partition coefficient (Wildman–Crippen LogP) is 10.00. The van der Waals surface area contributed by atoms with E-state index in [0.717, 1.165) is 27.6 Å². The Morgan fingerprint density at radius 2 is 0.930 bits per heavy atom. The van der Waals surface area contributed by atoms with Gasteiger partial charge in [-0.1, -0.05) is 141 Å². The van der Waals surface area contributed by atoms with Crippen LogP contribution in [-0.2, 0) is 5.41 Å². The Morgan fingerprint density at radius 1 is 0.395 bits per heavy atom. The van der Waals surface area contributed by atoms with Crippen LogP contribution in [0.25, 0.3) is 67.2 Å². The summed E-state index contributed by atoms with van der Waals surface area (Å²) in [7, 11) is 0. The number of aromatic nitrogens is 3. The van der Waals surface area contributed by atoms with Crippen molar-refractivity contribution < 1.29 is 0 Å². The fourth-order valence-corrected chi connectivity index (χ4v) is 6.45. The smallest absolute Gasteiger partial charge is 0.164 e. The van der Waals surface area contributed by atoms with Gasteiger partial charge in [0.2, 0.25) is 0 Å². The van der Waals surface area contributed by atoms with Crippen LogP contribution in [0, 0.1) is 0 Å². The number of hydrogen-bond donors (Lipinski definition) is 0. The van der Waals surface area contributed by atoms with Crippen LogP contribution in [-0.4, -0.2) is 15.0 Å². The summed E-state index contributed by atoms with van der Waals surface area (Å²) in [4.78, 5) is 15.1. The van der Waals surface area contributed by atoms with E-state index in [0.29, 0.717) is 17.5 Å². The molecule has 8 rings (SSSR count). The van der Waals surface area contributed by atoms with Crippen molar-refractivity contribution in [2.75, 3.05) is 0 Å². The van der Waals surface area contributed by atoms with Crippen molar-refractivity contribution in [2.24, 2.45) is 0 Å². The van der Waals surface area contributed by atoms with E-state index < -0.39 is 0 Å². The van der Waals surface area contributed by atoms with Crippen LogP contribution < -0.4 is 0 Å². The Labute approximate surface area is 251 Å². The predicted molar refractivity (Wildman–Crippen MR) is 177 cm³/mol. The fraction of sp³-hybridized carbons (Fsp3) is 0.0750. The normalized spacial score (nSPS) is 13.1. The van der Waals surface area contributed by atoms with Crippen molar-refractivity contribution in [1.82, 2.24) is 15.0 Å². The number of fused-ring (bicyclic) bond motifs is 4. The molecule has 43 heavy (non-hydrogen) atoms. The lowest BCUT2D eigenvalue weighted by Gasteiger charge is -2.21. The average molecular weight is 552 g/mol. The number of hydrogen-bond acceptors (Lipinski definition) is 3. The third kappa shape index (κ3) is 4.24. The van der Waals surface area contributed by atoms with Gasteiger partial charge in [0.05, 0.1) is 0 Å². The molecular weight excluding hydrogens is 522 g/mol. The molecule has 7 aromatic rings. The van der Waals surface area contributed by atoms with Crippen LogP contribution in [0.1, 0.15) is 25.0 Å². The minimum atomic E-state index is -0.0527. The van der Waals surface area contributed by atoms with Gasteiger partial charge in [0.15, 0.2) is 17.5 Å². The SMILES string of the molecule is CC1(C)c2ccccc2-c2cc3c(-c4nc(-c5ccccc5)nc(-c5ccc(-c6ccccc6)cc5)n4)cccc3cc21. The molecule has 0 spiro atoms. The molecule has 1 heterocycles. The highest BCUT2D eigenvalue weighted by atomic mass is 15.0. The zero-order valence-electron chi connectivity index (χ0n) is 24.1. The molecule has 0 N–H and O–H groups in total. The maximum absolute atomic E-state index is 5.10. The van der Waals surface area contributed by atoms with Gasteiger partial charge in [0, 0.05) is 22.1 Å². The molecule has 1 aromatic heterocycles. The Kier molecular flexibility index (Phi) is 5.80. The topological polar surface area (TPSA) is 38.7 Å². The van der Waals surface area contributed by atoms with Crippen LogP contribution in [0.4, 0.5) is 0 Å². The van der Waals surface area contributed by atoms with Gasteiger partial charge in [-0.3, -0.25) is 0 Å². The van der Waals surface area contributed by atoms with E-state index in [9.17, 15) is 0 Å². The van der Waals surface area contributed by atoms with Gasteiger partial charge in [0.25, 0.3) is 0 Å². The first-order chi connectivity index (χ1) is 21.1. The molecule has 0 saturated heterocycles. The standard InChI is InChI=1S/C40H29N3/c1-40(2)35-19-10-9-17-31(35)34-25-33-30(24-36(34)40)16-11-18-32(33)39-42-37(28-14-7-4-8-15-28)41-38(43-39)29-22-20-27(21-23-29)26-12-5-3-6-13-26/h3-25H,1-2H3. The van der Waals surface area contributed by atoms with E-state index in [-0.39, 0.29) is 5.41 Å². The van der Waals surface area contributed by atoms with Crippen molar-refractivity contribution >= 4 is 10.8 Å². The van der Waals surface area contributed by atoms with Crippen LogP contribution in [0.5, 0.6) is 0 Å². The minimum Gasteiger partial charge on any atom is -0.208 e. The molecule has 0 radical (unpaired) electrons. The Morgan fingerprint density at radius 3 is 1.65 bits per heavy atom. The van der Waals surface area contributed by atoms with Crippen LogP contribution >= 0.6 is 0 Å². The molecule has 0 unspecified atom stereocenters. The van der Waals surface area contributed by atoms with Crippen molar-refractivity contribution in [2.45, 2.75) is 19.3 Å². The second-order valence-electron chi connectivity index (χ2n) is 11.7. The minimum absolute atomic E-state index is 0.0527. The third-order valence-electron chi connectivity index (χ3n) is 8.74. The highest BCUT2D eigenvalue weighted by molar-refractivity contribution is 6.01. The molecule has 0 fully saturated rings. The molecule has 1 aliphatic rings. The summed E-state index contributed by atoms with van der Waals surface area (Å²) in [5, 5.41) is 2.33. The molecule has 0 amide bonds. The summed E-state index contributed by atoms with van der Waals surface area (Å²) in [6, 6.07) is 49.0. The maximum atomic E-state index is 5.10. The second-order valence-corrected chi connectivity index (χ2v) is 11.7. The van der Waals surface area contributed by atoms with Gasteiger partial charge in [0.1, 0.15) is 0 Å². The van der Waals surface area contributed by atoms with Crippen molar-refractivity contribution in [3.8, 4) is 56.4 Å². The third-order valence-corrected chi connectivity index (χ3v) is 8.74.